The number of ether oxygens (including phenoxy) is 1. The molecule has 1 heterocycles. The first-order valence-electron chi connectivity index (χ1n) is 10.3. The molecule has 0 fully saturated rings. The molecule has 0 atom stereocenters. The van der Waals surface area contributed by atoms with E-state index >= 15 is 0 Å². The van der Waals surface area contributed by atoms with Crippen LogP contribution in [0.5, 0.6) is 5.75 Å². The van der Waals surface area contributed by atoms with Crippen molar-refractivity contribution in [1.82, 2.24) is 9.55 Å². The first kappa shape index (κ1) is 21.6. The highest BCUT2D eigenvalue weighted by molar-refractivity contribution is 5.82. The zero-order chi connectivity index (χ0) is 22.7. The molecule has 0 aliphatic heterocycles. The summed E-state index contributed by atoms with van der Waals surface area (Å²) in [6.07, 6.45) is -3.46. The van der Waals surface area contributed by atoms with Crippen molar-refractivity contribution in [3.63, 3.8) is 0 Å². The van der Waals surface area contributed by atoms with Crippen molar-refractivity contribution in [2.75, 3.05) is 0 Å². The minimum absolute atomic E-state index is 0.123. The summed E-state index contributed by atoms with van der Waals surface area (Å²) < 4.78 is 42.8. The molecule has 1 aromatic heterocycles. The van der Waals surface area contributed by atoms with Gasteiger partial charge in [0.15, 0.2) is 0 Å². The Labute approximate surface area is 182 Å². The number of benzene rings is 3. The van der Waals surface area contributed by atoms with Crippen LogP contribution in [0.15, 0.2) is 77.6 Å². The lowest BCUT2D eigenvalue weighted by Gasteiger charge is -2.13. The summed E-state index contributed by atoms with van der Waals surface area (Å²) in [5, 5.41) is 0. The molecule has 32 heavy (non-hydrogen) atoms. The van der Waals surface area contributed by atoms with Gasteiger partial charge in [0.1, 0.15) is 11.4 Å². The van der Waals surface area contributed by atoms with Crippen LogP contribution in [0.25, 0.3) is 22.2 Å². The number of aryl methyl sites for hydroxylation is 3. The van der Waals surface area contributed by atoms with Gasteiger partial charge >= 0.3 is 6.36 Å². The highest BCUT2D eigenvalue weighted by Crippen LogP contribution is 2.28. The quantitative estimate of drug-likeness (QED) is 0.384. The molecule has 3 aromatic carbocycles. The van der Waals surface area contributed by atoms with Gasteiger partial charge in [0.2, 0.25) is 0 Å². The zero-order valence-corrected chi connectivity index (χ0v) is 17.4. The number of alkyl halides is 3. The number of aromatic nitrogens is 2. The third-order valence-corrected chi connectivity index (χ3v) is 5.24. The first-order chi connectivity index (χ1) is 15.3. The maximum atomic E-state index is 13.0. The molecular formula is C25H21F3N2O2. The Hall–Kier alpha value is -3.61. The fourth-order valence-electron chi connectivity index (χ4n) is 3.71. The summed E-state index contributed by atoms with van der Waals surface area (Å²) in [6.45, 7) is 2.38. The monoisotopic (exact) mass is 438 g/mol. The summed E-state index contributed by atoms with van der Waals surface area (Å²) in [4.78, 5) is 17.6. The molecular weight excluding hydrogens is 417 g/mol. The van der Waals surface area contributed by atoms with Gasteiger partial charge in [-0.25, -0.2) is 4.98 Å². The highest BCUT2D eigenvalue weighted by Gasteiger charge is 2.31. The fraction of sp³-hybridized carbons (Fsp3) is 0.200. The Kier molecular flexibility index (Phi) is 5.99. The number of halogens is 3. The van der Waals surface area contributed by atoms with Crippen molar-refractivity contribution in [2.45, 2.75) is 32.7 Å². The molecule has 0 unspecified atom stereocenters. The SMILES string of the molecule is CCn1c(=O)c(CCc2ccccc2)nc2ccc(-c3ccc(OC(F)(F)F)cc3)cc21. The van der Waals surface area contributed by atoms with Crippen molar-refractivity contribution in [2.24, 2.45) is 0 Å². The maximum Gasteiger partial charge on any atom is 0.573 e. The maximum absolute atomic E-state index is 13.0. The van der Waals surface area contributed by atoms with Crippen molar-refractivity contribution >= 4 is 11.0 Å². The van der Waals surface area contributed by atoms with E-state index in [1.807, 2.05) is 55.5 Å². The lowest BCUT2D eigenvalue weighted by Crippen LogP contribution is -2.25. The van der Waals surface area contributed by atoms with Gasteiger partial charge in [-0.2, -0.15) is 0 Å². The molecule has 0 spiro atoms. The number of nitrogens with zero attached hydrogens (tertiary/aromatic N) is 2. The molecule has 0 bridgehead atoms. The predicted octanol–water partition coefficient (Wildman–Crippen LogP) is 5.77. The van der Waals surface area contributed by atoms with Crippen LogP contribution in [0, 0.1) is 0 Å². The number of rotatable bonds is 6. The summed E-state index contributed by atoms with van der Waals surface area (Å²) in [7, 11) is 0. The zero-order valence-electron chi connectivity index (χ0n) is 17.4. The Morgan fingerprint density at radius 2 is 1.59 bits per heavy atom. The largest absolute Gasteiger partial charge is 0.573 e. The van der Waals surface area contributed by atoms with Crippen LogP contribution in [0.3, 0.4) is 0 Å². The van der Waals surface area contributed by atoms with Crippen molar-refractivity contribution < 1.29 is 17.9 Å². The van der Waals surface area contributed by atoms with Gasteiger partial charge in [-0.1, -0.05) is 48.5 Å². The molecule has 0 amide bonds. The van der Waals surface area contributed by atoms with Gasteiger partial charge in [0.25, 0.3) is 5.56 Å². The summed E-state index contributed by atoms with van der Waals surface area (Å²) in [5.74, 6) is -0.280. The highest BCUT2D eigenvalue weighted by atomic mass is 19.4. The average Bonchev–Trinajstić information content (AvgIpc) is 2.78. The van der Waals surface area contributed by atoms with Gasteiger partial charge in [-0.15, -0.1) is 13.2 Å². The summed E-state index contributed by atoms with van der Waals surface area (Å²) in [5.41, 5.74) is 4.42. The van der Waals surface area contributed by atoms with Crippen LogP contribution in [-0.4, -0.2) is 15.9 Å². The predicted molar refractivity (Wildman–Crippen MR) is 118 cm³/mol. The van der Waals surface area contributed by atoms with Crippen molar-refractivity contribution in [3.05, 3.63) is 94.4 Å². The lowest BCUT2D eigenvalue weighted by atomic mass is 10.0. The van der Waals surface area contributed by atoms with Crippen LogP contribution in [-0.2, 0) is 19.4 Å². The van der Waals surface area contributed by atoms with E-state index in [0.29, 0.717) is 35.3 Å². The summed E-state index contributed by atoms with van der Waals surface area (Å²) >= 11 is 0. The molecule has 0 radical (unpaired) electrons. The van der Waals surface area contributed by atoms with Gasteiger partial charge in [-0.05, 0) is 60.7 Å². The van der Waals surface area contributed by atoms with Crippen LogP contribution >= 0.6 is 0 Å². The minimum atomic E-state index is -4.73. The van der Waals surface area contributed by atoms with Crippen LogP contribution in [0.1, 0.15) is 18.2 Å². The second-order valence-corrected chi connectivity index (χ2v) is 7.37. The smallest absolute Gasteiger partial charge is 0.406 e. The van der Waals surface area contributed by atoms with Gasteiger partial charge in [-0.3, -0.25) is 4.79 Å². The topological polar surface area (TPSA) is 44.1 Å². The molecule has 4 nitrogen and oxygen atoms in total. The lowest BCUT2D eigenvalue weighted by molar-refractivity contribution is -0.274. The Morgan fingerprint density at radius 1 is 0.906 bits per heavy atom. The number of fused-ring (bicyclic) bond motifs is 1. The van der Waals surface area contributed by atoms with Gasteiger partial charge in [0.05, 0.1) is 11.0 Å². The molecule has 0 N–H and O–H groups in total. The molecule has 0 aliphatic carbocycles. The molecule has 4 aromatic rings. The van der Waals surface area contributed by atoms with E-state index in [9.17, 15) is 18.0 Å². The number of hydrogen-bond donors (Lipinski definition) is 0. The third-order valence-electron chi connectivity index (χ3n) is 5.24. The van der Waals surface area contributed by atoms with Crippen molar-refractivity contribution in [1.29, 1.82) is 0 Å². The molecule has 0 saturated carbocycles. The van der Waals surface area contributed by atoms with E-state index in [1.54, 1.807) is 16.7 Å². The molecule has 4 rings (SSSR count). The Bertz CT molecular complexity index is 1280. The van der Waals surface area contributed by atoms with E-state index in [-0.39, 0.29) is 11.3 Å². The fourth-order valence-corrected chi connectivity index (χ4v) is 3.71. The average molecular weight is 438 g/mol. The molecule has 0 saturated heterocycles. The van der Waals surface area contributed by atoms with Gasteiger partial charge < -0.3 is 9.30 Å². The van der Waals surface area contributed by atoms with Crippen LogP contribution in [0.2, 0.25) is 0 Å². The standard InChI is InChI=1S/C25H21F3N2O2/c1-2-30-23-16-19(18-9-12-20(13-10-18)32-25(26,27)28)11-15-21(23)29-22(24(30)31)14-8-17-6-4-3-5-7-17/h3-7,9-13,15-16H,2,8,14H2,1H3. The van der Waals surface area contributed by atoms with Crippen LogP contribution < -0.4 is 10.3 Å². The molecule has 164 valence electrons. The minimum Gasteiger partial charge on any atom is -0.406 e. The van der Waals surface area contributed by atoms with Crippen molar-refractivity contribution in [3.8, 4) is 16.9 Å². The van der Waals surface area contributed by atoms with E-state index in [1.165, 1.54) is 12.1 Å². The van der Waals surface area contributed by atoms with E-state index < -0.39 is 6.36 Å². The van der Waals surface area contributed by atoms with E-state index in [2.05, 4.69) is 9.72 Å². The second-order valence-electron chi connectivity index (χ2n) is 7.37. The van der Waals surface area contributed by atoms with E-state index in [0.717, 1.165) is 17.5 Å². The first-order valence-corrected chi connectivity index (χ1v) is 10.3. The molecule has 0 aliphatic rings. The Morgan fingerprint density at radius 3 is 2.25 bits per heavy atom. The van der Waals surface area contributed by atoms with E-state index in [4.69, 9.17) is 0 Å². The second kappa shape index (κ2) is 8.86. The molecule has 7 heteroatoms. The van der Waals surface area contributed by atoms with Crippen LogP contribution in [0.4, 0.5) is 13.2 Å². The third kappa shape index (κ3) is 4.82. The summed E-state index contributed by atoms with van der Waals surface area (Å²) in [6, 6.07) is 21.1. The van der Waals surface area contributed by atoms with Gasteiger partial charge in [0, 0.05) is 6.54 Å². The Balaban J connectivity index is 1.66. The number of hydrogen-bond acceptors (Lipinski definition) is 3. The normalized spacial score (nSPS) is 11.6.